The molecule has 0 bridgehead atoms. The largest absolute Gasteiger partial charge is 0.335 e. The molecule has 128 valence electrons. The molecule has 25 heavy (non-hydrogen) atoms. The number of anilines is 1. The SMILES string of the molecule is C#Cc1ccc(C)c(SC(=C)Nc2cc(CN3CCCC3)ccn2)n1. The van der Waals surface area contributed by atoms with Gasteiger partial charge in [-0.3, -0.25) is 4.90 Å². The van der Waals surface area contributed by atoms with Crippen LogP contribution in [0.1, 0.15) is 29.7 Å². The summed E-state index contributed by atoms with van der Waals surface area (Å²) in [6, 6.07) is 7.98. The van der Waals surface area contributed by atoms with E-state index in [1.54, 1.807) is 0 Å². The molecule has 0 aromatic carbocycles. The predicted molar refractivity (Wildman–Crippen MR) is 104 cm³/mol. The summed E-state index contributed by atoms with van der Waals surface area (Å²) in [6.45, 7) is 9.44. The highest BCUT2D eigenvalue weighted by Gasteiger charge is 2.12. The van der Waals surface area contributed by atoms with Crippen molar-refractivity contribution in [2.75, 3.05) is 18.4 Å². The molecule has 5 heteroatoms. The average Bonchev–Trinajstić information content (AvgIpc) is 3.10. The van der Waals surface area contributed by atoms with Gasteiger partial charge in [0.2, 0.25) is 0 Å². The van der Waals surface area contributed by atoms with Crippen molar-refractivity contribution < 1.29 is 0 Å². The Morgan fingerprint density at radius 3 is 2.92 bits per heavy atom. The number of aryl methyl sites for hydroxylation is 1. The first-order chi connectivity index (χ1) is 12.1. The molecular weight excluding hydrogens is 328 g/mol. The van der Waals surface area contributed by atoms with Gasteiger partial charge in [-0.25, -0.2) is 9.97 Å². The zero-order valence-electron chi connectivity index (χ0n) is 14.5. The lowest BCUT2D eigenvalue weighted by Crippen LogP contribution is -2.18. The number of nitrogens with one attached hydrogen (secondary N) is 1. The van der Waals surface area contributed by atoms with Crippen molar-refractivity contribution in [1.29, 1.82) is 0 Å². The third kappa shape index (κ3) is 4.85. The van der Waals surface area contributed by atoms with Crippen LogP contribution in [0.2, 0.25) is 0 Å². The Morgan fingerprint density at radius 2 is 2.16 bits per heavy atom. The van der Waals surface area contributed by atoms with E-state index in [1.807, 2.05) is 25.3 Å². The molecule has 1 N–H and O–H groups in total. The third-order valence-corrected chi connectivity index (χ3v) is 5.07. The molecule has 1 fully saturated rings. The Morgan fingerprint density at radius 1 is 1.36 bits per heavy atom. The summed E-state index contributed by atoms with van der Waals surface area (Å²) in [4.78, 5) is 11.3. The van der Waals surface area contributed by atoms with E-state index in [9.17, 15) is 0 Å². The number of terminal acetylenes is 1. The van der Waals surface area contributed by atoms with E-state index in [1.165, 1.54) is 43.3 Å². The number of likely N-dealkylation sites (tertiary alicyclic amines) is 1. The smallest absolute Gasteiger partial charge is 0.130 e. The molecule has 0 aliphatic carbocycles. The van der Waals surface area contributed by atoms with Gasteiger partial charge in [-0.1, -0.05) is 30.3 Å². The number of aromatic nitrogens is 2. The normalized spacial score (nSPS) is 14.2. The first-order valence-electron chi connectivity index (χ1n) is 8.39. The lowest BCUT2D eigenvalue weighted by atomic mass is 10.2. The Bertz CT molecular complexity index is 804. The Balaban J connectivity index is 1.64. The molecular formula is C20H22N4S. The molecule has 0 radical (unpaired) electrons. The van der Waals surface area contributed by atoms with Crippen LogP contribution in [0.3, 0.4) is 0 Å². The molecule has 1 aliphatic heterocycles. The average molecular weight is 350 g/mol. The summed E-state index contributed by atoms with van der Waals surface area (Å²) in [6.07, 6.45) is 9.87. The lowest BCUT2D eigenvalue weighted by Gasteiger charge is -2.15. The minimum atomic E-state index is 0.631. The van der Waals surface area contributed by atoms with E-state index in [-0.39, 0.29) is 0 Å². The summed E-state index contributed by atoms with van der Waals surface area (Å²) in [5.41, 5.74) is 2.97. The molecule has 4 nitrogen and oxygen atoms in total. The topological polar surface area (TPSA) is 41.0 Å². The number of hydrogen-bond acceptors (Lipinski definition) is 5. The van der Waals surface area contributed by atoms with Gasteiger partial charge in [-0.2, -0.15) is 0 Å². The molecule has 0 saturated carbocycles. The van der Waals surface area contributed by atoms with E-state index in [2.05, 4.69) is 44.8 Å². The zero-order chi connectivity index (χ0) is 17.6. The van der Waals surface area contributed by atoms with E-state index in [4.69, 9.17) is 6.42 Å². The Hall–Kier alpha value is -2.29. The van der Waals surface area contributed by atoms with Crippen LogP contribution in [0.5, 0.6) is 0 Å². The molecule has 1 saturated heterocycles. The highest BCUT2D eigenvalue weighted by molar-refractivity contribution is 8.03. The number of nitrogens with zero attached hydrogens (tertiary/aromatic N) is 3. The number of rotatable bonds is 6. The number of pyridine rings is 2. The van der Waals surface area contributed by atoms with Crippen molar-refractivity contribution in [3.05, 3.63) is 58.9 Å². The molecule has 2 aromatic rings. The van der Waals surface area contributed by atoms with Crippen molar-refractivity contribution in [3.8, 4) is 12.3 Å². The van der Waals surface area contributed by atoms with Crippen molar-refractivity contribution >= 4 is 17.6 Å². The second kappa shape index (κ2) is 8.19. The van der Waals surface area contributed by atoms with Crippen LogP contribution in [0.15, 0.2) is 47.1 Å². The highest BCUT2D eigenvalue weighted by Crippen LogP contribution is 2.27. The maximum Gasteiger partial charge on any atom is 0.130 e. The monoisotopic (exact) mass is 350 g/mol. The predicted octanol–water partition coefficient (Wildman–Crippen LogP) is 4.04. The molecule has 0 atom stereocenters. The molecule has 1 aliphatic rings. The summed E-state index contributed by atoms with van der Waals surface area (Å²) in [7, 11) is 0. The molecule has 2 aromatic heterocycles. The lowest BCUT2D eigenvalue weighted by molar-refractivity contribution is 0.331. The van der Waals surface area contributed by atoms with Crippen LogP contribution >= 0.6 is 11.8 Å². The van der Waals surface area contributed by atoms with E-state index < -0.39 is 0 Å². The van der Waals surface area contributed by atoms with Gasteiger partial charge in [0.15, 0.2) is 0 Å². The van der Waals surface area contributed by atoms with Crippen LogP contribution in [0.4, 0.5) is 5.82 Å². The third-order valence-electron chi connectivity index (χ3n) is 4.11. The van der Waals surface area contributed by atoms with Crippen molar-refractivity contribution in [2.45, 2.75) is 31.3 Å². The van der Waals surface area contributed by atoms with Crippen molar-refractivity contribution in [1.82, 2.24) is 14.9 Å². The van der Waals surface area contributed by atoms with Gasteiger partial charge in [0, 0.05) is 12.7 Å². The zero-order valence-corrected chi connectivity index (χ0v) is 15.3. The molecule has 0 spiro atoms. The second-order valence-electron chi connectivity index (χ2n) is 6.15. The van der Waals surface area contributed by atoms with Crippen LogP contribution < -0.4 is 5.32 Å². The molecule has 3 heterocycles. The molecule has 3 rings (SSSR count). The summed E-state index contributed by atoms with van der Waals surface area (Å²) < 4.78 is 0. The van der Waals surface area contributed by atoms with E-state index in [0.29, 0.717) is 5.69 Å². The van der Waals surface area contributed by atoms with Crippen LogP contribution in [0.25, 0.3) is 0 Å². The van der Waals surface area contributed by atoms with Gasteiger partial charge < -0.3 is 5.32 Å². The van der Waals surface area contributed by atoms with E-state index >= 15 is 0 Å². The standard InChI is InChI=1S/C20H22N4S/c1-4-18-8-7-15(2)20(23-18)25-16(3)22-19-13-17(9-10-21-19)14-24-11-5-6-12-24/h1,7-10,13H,3,5-6,11-12,14H2,2H3,(H,21,22). The maximum atomic E-state index is 5.43. The van der Waals surface area contributed by atoms with Crippen LogP contribution in [-0.4, -0.2) is 28.0 Å². The molecule has 0 unspecified atom stereocenters. The summed E-state index contributed by atoms with van der Waals surface area (Å²) in [5, 5.41) is 4.90. The maximum absolute atomic E-state index is 5.43. The van der Waals surface area contributed by atoms with Crippen LogP contribution in [-0.2, 0) is 6.54 Å². The van der Waals surface area contributed by atoms with Gasteiger partial charge in [0.05, 0.1) is 5.03 Å². The Kier molecular flexibility index (Phi) is 5.75. The first kappa shape index (κ1) is 17.5. The molecule has 0 amide bonds. The van der Waals surface area contributed by atoms with Gasteiger partial charge in [0.1, 0.15) is 16.5 Å². The minimum absolute atomic E-state index is 0.631. The summed E-state index contributed by atoms with van der Waals surface area (Å²) >= 11 is 1.47. The van der Waals surface area contributed by atoms with Gasteiger partial charge in [-0.05, 0) is 62.2 Å². The van der Waals surface area contributed by atoms with Crippen molar-refractivity contribution in [2.24, 2.45) is 0 Å². The van der Waals surface area contributed by atoms with Gasteiger partial charge in [-0.15, -0.1) is 6.42 Å². The van der Waals surface area contributed by atoms with E-state index in [0.717, 1.165) is 28.0 Å². The fraction of sp³-hybridized carbons (Fsp3) is 0.300. The van der Waals surface area contributed by atoms with Crippen molar-refractivity contribution in [3.63, 3.8) is 0 Å². The van der Waals surface area contributed by atoms with Gasteiger partial charge >= 0.3 is 0 Å². The fourth-order valence-corrected chi connectivity index (χ4v) is 3.58. The number of thioether (sulfide) groups is 1. The van der Waals surface area contributed by atoms with Crippen LogP contribution in [0, 0.1) is 19.3 Å². The summed E-state index contributed by atoms with van der Waals surface area (Å²) in [5.74, 6) is 3.37. The number of hydrogen-bond donors (Lipinski definition) is 1. The minimum Gasteiger partial charge on any atom is -0.335 e. The Labute approximate surface area is 153 Å². The fourth-order valence-electron chi connectivity index (χ4n) is 2.82. The second-order valence-corrected chi connectivity index (χ2v) is 7.23. The quantitative estimate of drug-likeness (QED) is 0.629. The first-order valence-corrected chi connectivity index (χ1v) is 9.21. The highest BCUT2D eigenvalue weighted by atomic mass is 32.2. The van der Waals surface area contributed by atoms with Gasteiger partial charge in [0.25, 0.3) is 0 Å².